The number of esters is 1. The molecule has 0 spiro atoms. The van der Waals surface area contributed by atoms with Gasteiger partial charge in [0.2, 0.25) is 5.91 Å². The summed E-state index contributed by atoms with van der Waals surface area (Å²) in [5.41, 5.74) is 8.05. The van der Waals surface area contributed by atoms with Crippen LogP contribution in [0.2, 0.25) is 5.02 Å². The van der Waals surface area contributed by atoms with Crippen molar-refractivity contribution in [2.45, 2.75) is 18.5 Å². The largest absolute Gasteiger partial charge is 0.465 e. The summed E-state index contributed by atoms with van der Waals surface area (Å²) in [7, 11) is 1.32. The van der Waals surface area contributed by atoms with E-state index in [1.165, 1.54) is 7.11 Å². The number of carbonyl (C=O) groups excluding carboxylic acids is 2. The summed E-state index contributed by atoms with van der Waals surface area (Å²) in [5, 5.41) is 3.47. The van der Waals surface area contributed by atoms with Crippen LogP contribution < -0.4 is 16.2 Å². The molecule has 130 valence electrons. The summed E-state index contributed by atoms with van der Waals surface area (Å²) >= 11 is 6.02. The lowest BCUT2D eigenvalue weighted by Crippen LogP contribution is -2.39. The average Bonchev–Trinajstić information content (AvgIpc) is 3.11. The molecule has 0 aliphatic carbocycles. The van der Waals surface area contributed by atoms with E-state index >= 15 is 0 Å². The zero-order chi connectivity index (χ0) is 17.8. The highest BCUT2D eigenvalue weighted by Gasteiger charge is 2.30. The van der Waals surface area contributed by atoms with Crippen molar-refractivity contribution in [1.29, 1.82) is 0 Å². The first-order chi connectivity index (χ1) is 12.1. The third-order valence-corrected chi connectivity index (χ3v) is 4.26. The number of halogens is 1. The molecule has 2 aromatic carbocycles. The number of rotatable bonds is 4. The molecule has 1 heterocycles. The highest BCUT2D eigenvalue weighted by Crippen LogP contribution is 2.25. The van der Waals surface area contributed by atoms with Gasteiger partial charge in [-0.15, -0.1) is 0 Å². The molecule has 0 radical (unpaired) electrons. The van der Waals surface area contributed by atoms with Crippen LogP contribution in [0.5, 0.6) is 0 Å². The Morgan fingerprint density at radius 2 is 1.96 bits per heavy atom. The molecule has 7 heteroatoms. The van der Waals surface area contributed by atoms with Gasteiger partial charge in [-0.1, -0.05) is 29.8 Å². The van der Waals surface area contributed by atoms with E-state index < -0.39 is 12.0 Å². The van der Waals surface area contributed by atoms with E-state index in [2.05, 4.69) is 20.9 Å². The second kappa shape index (κ2) is 7.65. The van der Waals surface area contributed by atoms with Crippen LogP contribution >= 0.6 is 11.6 Å². The number of amides is 1. The van der Waals surface area contributed by atoms with E-state index in [1.807, 2.05) is 24.3 Å². The molecule has 0 saturated carbocycles. The van der Waals surface area contributed by atoms with Crippen molar-refractivity contribution in [3.8, 4) is 0 Å². The molecule has 1 fully saturated rings. The molecule has 1 aliphatic rings. The quantitative estimate of drug-likeness (QED) is 0.731. The Labute approximate surface area is 150 Å². The van der Waals surface area contributed by atoms with E-state index in [1.54, 1.807) is 24.3 Å². The molecule has 1 amide bonds. The maximum atomic E-state index is 12.5. The number of benzene rings is 2. The number of carbonyl (C=O) groups is 2. The van der Waals surface area contributed by atoms with Gasteiger partial charge in [0.05, 0.1) is 12.7 Å². The molecule has 2 aromatic rings. The van der Waals surface area contributed by atoms with Crippen LogP contribution in [0.3, 0.4) is 0 Å². The van der Waals surface area contributed by atoms with Crippen LogP contribution in [0.15, 0.2) is 48.5 Å². The number of hydrogen-bond donors (Lipinski definition) is 3. The van der Waals surface area contributed by atoms with E-state index in [0.29, 0.717) is 22.7 Å². The molecule has 2 unspecified atom stereocenters. The predicted octanol–water partition coefficient (Wildman–Crippen LogP) is 2.67. The number of hydrazine groups is 1. The van der Waals surface area contributed by atoms with Gasteiger partial charge in [0.1, 0.15) is 6.04 Å². The van der Waals surface area contributed by atoms with Crippen molar-refractivity contribution in [3.05, 3.63) is 64.7 Å². The third kappa shape index (κ3) is 4.17. The van der Waals surface area contributed by atoms with Crippen LogP contribution in [-0.2, 0) is 9.53 Å². The summed E-state index contributed by atoms with van der Waals surface area (Å²) < 4.78 is 4.68. The Morgan fingerprint density at radius 1 is 1.16 bits per heavy atom. The number of ether oxygens (including phenoxy) is 1. The standard InChI is InChI=1S/C18H18ClN3O3/c1-25-18(24)12-5-3-7-14(9-12)20-17(23)16-10-15(21-22-16)11-4-2-6-13(19)8-11/h2-9,15-16,21-22H,10H2,1H3,(H,20,23). The fraction of sp³-hybridized carbons (Fsp3) is 0.222. The highest BCUT2D eigenvalue weighted by molar-refractivity contribution is 6.30. The number of methoxy groups -OCH3 is 1. The first-order valence-electron chi connectivity index (χ1n) is 7.82. The molecule has 25 heavy (non-hydrogen) atoms. The van der Waals surface area contributed by atoms with Crippen LogP contribution in [0.4, 0.5) is 5.69 Å². The Morgan fingerprint density at radius 3 is 2.72 bits per heavy atom. The summed E-state index contributed by atoms with van der Waals surface area (Å²) in [6.07, 6.45) is 0.586. The van der Waals surface area contributed by atoms with Gasteiger partial charge in [-0.05, 0) is 42.3 Å². The lowest BCUT2D eigenvalue weighted by atomic mass is 10.0. The molecule has 0 aromatic heterocycles. The second-order valence-corrected chi connectivity index (χ2v) is 6.18. The fourth-order valence-electron chi connectivity index (χ4n) is 2.74. The molecule has 0 bridgehead atoms. The summed E-state index contributed by atoms with van der Waals surface area (Å²) in [6.45, 7) is 0. The topological polar surface area (TPSA) is 79.5 Å². The van der Waals surface area contributed by atoms with Crippen molar-refractivity contribution >= 4 is 29.2 Å². The van der Waals surface area contributed by atoms with Gasteiger partial charge in [0, 0.05) is 16.8 Å². The minimum Gasteiger partial charge on any atom is -0.465 e. The molecule has 1 aliphatic heterocycles. The SMILES string of the molecule is COC(=O)c1cccc(NC(=O)C2CC(c3cccc(Cl)c3)NN2)c1. The van der Waals surface area contributed by atoms with Crippen molar-refractivity contribution in [2.75, 3.05) is 12.4 Å². The maximum Gasteiger partial charge on any atom is 0.337 e. The van der Waals surface area contributed by atoms with Gasteiger partial charge >= 0.3 is 5.97 Å². The van der Waals surface area contributed by atoms with Gasteiger partial charge in [0.15, 0.2) is 0 Å². The predicted molar refractivity (Wildman–Crippen MR) is 95.3 cm³/mol. The zero-order valence-electron chi connectivity index (χ0n) is 13.6. The van der Waals surface area contributed by atoms with Crippen LogP contribution in [0.1, 0.15) is 28.4 Å². The van der Waals surface area contributed by atoms with Crippen LogP contribution in [-0.4, -0.2) is 25.0 Å². The highest BCUT2D eigenvalue weighted by atomic mass is 35.5. The first kappa shape index (κ1) is 17.4. The van der Waals surface area contributed by atoms with Gasteiger partial charge in [-0.25, -0.2) is 15.6 Å². The summed E-state index contributed by atoms with van der Waals surface area (Å²) in [6, 6.07) is 13.8. The van der Waals surface area contributed by atoms with Crippen molar-refractivity contribution in [1.82, 2.24) is 10.9 Å². The number of nitrogens with one attached hydrogen (secondary N) is 3. The molecular formula is C18H18ClN3O3. The summed E-state index contributed by atoms with van der Waals surface area (Å²) in [4.78, 5) is 24.0. The third-order valence-electron chi connectivity index (χ3n) is 4.02. The Hall–Kier alpha value is -2.41. The molecule has 1 saturated heterocycles. The van der Waals surface area contributed by atoms with Gasteiger partial charge in [0.25, 0.3) is 0 Å². The van der Waals surface area contributed by atoms with Gasteiger partial charge < -0.3 is 10.1 Å². The Bertz CT molecular complexity index is 797. The molecule has 6 nitrogen and oxygen atoms in total. The molecule has 2 atom stereocenters. The van der Waals surface area contributed by atoms with Crippen molar-refractivity contribution < 1.29 is 14.3 Å². The fourth-order valence-corrected chi connectivity index (χ4v) is 2.94. The number of anilines is 1. The first-order valence-corrected chi connectivity index (χ1v) is 8.20. The molecule has 3 rings (SSSR count). The lowest BCUT2D eigenvalue weighted by Gasteiger charge is -2.11. The monoisotopic (exact) mass is 359 g/mol. The normalized spacial score (nSPS) is 19.4. The molecule has 3 N–H and O–H groups in total. The average molecular weight is 360 g/mol. The van der Waals surface area contributed by atoms with Gasteiger partial charge in [-0.3, -0.25) is 4.79 Å². The van der Waals surface area contributed by atoms with Gasteiger partial charge in [-0.2, -0.15) is 0 Å². The minimum atomic E-state index is -0.447. The second-order valence-electron chi connectivity index (χ2n) is 5.75. The lowest BCUT2D eigenvalue weighted by molar-refractivity contribution is -0.117. The van der Waals surface area contributed by atoms with E-state index in [0.717, 1.165) is 5.56 Å². The maximum absolute atomic E-state index is 12.5. The van der Waals surface area contributed by atoms with E-state index in [4.69, 9.17) is 11.6 Å². The molecular weight excluding hydrogens is 342 g/mol. The Balaban J connectivity index is 1.64. The Kier molecular flexibility index (Phi) is 5.33. The number of hydrogen-bond acceptors (Lipinski definition) is 5. The van der Waals surface area contributed by atoms with E-state index in [9.17, 15) is 9.59 Å². The van der Waals surface area contributed by atoms with Crippen LogP contribution in [0, 0.1) is 0 Å². The smallest absolute Gasteiger partial charge is 0.337 e. The minimum absolute atomic E-state index is 0.00384. The summed E-state index contributed by atoms with van der Waals surface area (Å²) in [5.74, 6) is -0.628. The van der Waals surface area contributed by atoms with Crippen LogP contribution in [0.25, 0.3) is 0 Å². The van der Waals surface area contributed by atoms with Crippen molar-refractivity contribution in [2.24, 2.45) is 0 Å². The van der Waals surface area contributed by atoms with Crippen molar-refractivity contribution in [3.63, 3.8) is 0 Å². The van der Waals surface area contributed by atoms with E-state index in [-0.39, 0.29) is 11.9 Å². The zero-order valence-corrected chi connectivity index (χ0v) is 14.3.